The van der Waals surface area contributed by atoms with E-state index in [2.05, 4.69) is 21.3 Å². The second-order valence-corrected chi connectivity index (χ2v) is 9.74. The van der Waals surface area contributed by atoms with Crippen LogP contribution in [0.4, 0.5) is 0 Å². The van der Waals surface area contributed by atoms with Crippen LogP contribution in [-0.4, -0.2) is 71.5 Å². The molecule has 31 heavy (non-hydrogen) atoms. The number of carboxylic acid groups (broad SMARTS) is 1. The first kappa shape index (κ1) is 27.2. The number of thioether (sulfide) groups is 1. The molecule has 3 amide bonds. The number of amides is 3. The third-order valence-electron chi connectivity index (χ3n) is 5.19. The van der Waals surface area contributed by atoms with Crippen LogP contribution in [0.3, 0.4) is 0 Å². The molecule has 1 saturated heterocycles. The van der Waals surface area contributed by atoms with E-state index in [1.54, 1.807) is 13.8 Å². The summed E-state index contributed by atoms with van der Waals surface area (Å²) in [7, 11) is 0. The van der Waals surface area contributed by atoms with Crippen LogP contribution in [0, 0.1) is 11.8 Å². The smallest absolute Gasteiger partial charge is 0.326 e. The lowest BCUT2D eigenvalue weighted by molar-refractivity contribution is -0.143. The highest BCUT2D eigenvalue weighted by molar-refractivity contribution is 7.98. The number of hydrogen-bond acceptors (Lipinski definition) is 6. The van der Waals surface area contributed by atoms with Gasteiger partial charge in [0.1, 0.15) is 18.1 Å². The van der Waals surface area contributed by atoms with Gasteiger partial charge in [0.05, 0.1) is 6.04 Å². The summed E-state index contributed by atoms with van der Waals surface area (Å²) in [6, 6.07) is -2.99. The van der Waals surface area contributed by atoms with Crippen LogP contribution < -0.4 is 21.3 Å². The molecule has 1 fully saturated rings. The normalized spacial score (nSPS) is 19.0. The van der Waals surface area contributed by atoms with Crippen molar-refractivity contribution >= 4 is 35.5 Å². The molecule has 0 aromatic heterocycles. The maximum absolute atomic E-state index is 13.0. The van der Waals surface area contributed by atoms with E-state index in [0.717, 1.165) is 19.4 Å². The van der Waals surface area contributed by atoms with E-state index in [4.69, 9.17) is 0 Å². The van der Waals surface area contributed by atoms with E-state index < -0.39 is 35.9 Å². The minimum atomic E-state index is -1.12. The molecule has 1 rings (SSSR count). The van der Waals surface area contributed by atoms with Crippen LogP contribution in [-0.2, 0) is 19.2 Å². The van der Waals surface area contributed by atoms with E-state index in [1.807, 2.05) is 20.1 Å². The Morgan fingerprint density at radius 3 is 2.16 bits per heavy atom. The molecule has 1 aliphatic heterocycles. The van der Waals surface area contributed by atoms with E-state index >= 15 is 0 Å². The zero-order valence-electron chi connectivity index (χ0n) is 19.2. The van der Waals surface area contributed by atoms with Crippen molar-refractivity contribution in [2.24, 2.45) is 11.8 Å². The Kier molecular flexibility index (Phi) is 11.9. The van der Waals surface area contributed by atoms with Gasteiger partial charge >= 0.3 is 5.97 Å². The predicted molar refractivity (Wildman–Crippen MR) is 122 cm³/mol. The molecule has 9 nitrogen and oxygen atoms in total. The Bertz CT molecular complexity index is 623. The van der Waals surface area contributed by atoms with Crippen molar-refractivity contribution in [2.45, 2.75) is 77.5 Å². The van der Waals surface area contributed by atoms with Gasteiger partial charge in [-0.25, -0.2) is 4.79 Å². The molecule has 0 bridgehead atoms. The number of aliphatic carboxylic acids is 1. The van der Waals surface area contributed by atoms with Gasteiger partial charge in [0.15, 0.2) is 0 Å². The number of carboxylic acids is 1. The van der Waals surface area contributed by atoms with Crippen LogP contribution in [0.2, 0.25) is 0 Å². The minimum absolute atomic E-state index is 0.156. The molecule has 10 heteroatoms. The maximum Gasteiger partial charge on any atom is 0.326 e. The van der Waals surface area contributed by atoms with Gasteiger partial charge in [-0.15, -0.1) is 0 Å². The molecule has 0 aliphatic carbocycles. The second-order valence-electron chi connectivity index (χ2n) is 8.75. The first-order valence-corrected chi connectivity index (χ1v) is 12.3. The first-order valence-electron chi connectivity index (χ1n) is 10.9. The fourth-order valence-electron chi connectivity index (χ4n) is 3.43. The molecular weight excluding hydrogens is 420 g/mol. The minimum Gasteiger partial charge on any atom is -0.480 e. The predicted octanol–water partition coefficient (Wildman–Crippen LogP) is 0.733. The SMILES string of the molecule is CSCCC(NC(=O)C(CC(C)C)NC(=O)C1CCCN1)C(=O)NC(C(=O)O)C(C)C. The van der Waals surface area contributed by atoms with Gasteiger partial charge in [0, 0.05) is 0 Å². The summed E-state index contributed by atoms with van der Waals surface area (Å²) in [6.07, 6.45) is 4.32. The standard InChI is InChI=1S/C21H38N4O5S/c1-12(2)11-16(24-18(26)14-7-6-9-22-14)20(28)23-15(8-10-31-5)19(27)25-17(13(3)4)21(29)30/h12-17,22H,6-11H2,1-5H3,(H,23,28)(H,24,26)(H,25,27)(H,29,30). The van der Waals surface area contributed by atoms with Crippen molar-refractivity contribution in [2.75, 3.05) is 18.6 Å². The van der Waals surface area contributed by atoms with Gasteiger partial charge in [-0.3, -0.25) is 14.4 Å². The third kappa shape index (κ3) is 9.47. The van der Waals surface area contributed by atoms with Crippen molar-refractivity contribution in [1.29, 1.82) is 0 Å². The lowest BCUT2D eigenvalue weighted by Gasteiger charge is -2.26. The largest absolute Gasteiger partial charge is 0.480 e. The fraction of sp³-hybridized carbons (Fsp3) is 0.810. The Balaban J connectivity index is 2.89. The summed E-state index contributed by atoms with van der Waals surface area (Å²) >= 11 is 1.53. The summed E-state index contributed by atoms with van der Waals surface area (Å²) < 4.78 is 0. The summed E-state index contributed by atoms with van der Waals surface area (Å²) in [4.78, 5) is 49.8. The molecule has 4 atom stereocenters. The van der Waals surface area contributed by atoms with Gasteiger partial charge in [-0.05, 0) is 56.1 Å². The van der Waals surface area contributed by atoms with Crippen molar-refractivity contribution in [3.05, 3.63) is 0 Å². The molecule has 1 aliphatic rings. The molecular formula is C21H38N4O5S. The Morgan fingerprint density at radius 1 is 1.03 bits per heavy atom. The molecule has 0 aromatic rings. The van der Waals surface area contributed by atoms with Crippen LogP contribution >= 0.6 is 11.8 Å². The van der Waals surface area contributed by atoms with E-state index in [0.29, 0.717) is 18.6 Å². The lowest BCUT2D eigenvalue weighted by Crippen LogP contribution is -2.57. The quantitative estimate of drug-likeness (QED) is 0.274. The number of nitrogens with one attached hydrogen (secondary N) is 4. The molecule has 1 heterocycles. The lowest BCUT2D eigenvalue weighted by atomic mass is 10.0. The number of hydrogen-bond donors (Lipinski definition) is 5. The molecule has 0 saturated carbocycles. The van der Waals surface area contributed by atoms with Crippen LogP contribution in [0.1, 0.15) is 53.4 Å². The molecule has 0 aromatic carbocycles. The van der Waals surface area contributed by atoms with Crippen LogP contribution in [0.5, 0.6) is 0 Å². The molecule has 4 unspecified atom stereocenters. The van der Waals surface area contributed by atoms with E-state index in [1.165, 1.54) is 11.8 Å². The molecule has 0 spiro atoms. The zero-order valence-corrected chi connectivity index (χ0v) is 20.0. The number of rotatable bonds is 13. The van der Waals surface area contributed by atoms with Gasteiger partial charge < -0.3 is 26.4 Å². The van der Waals surface area contributed by atoms with E-state index in [-0.39, 0.29) is 23.8 Å². The highest BCUT2D eigenvalue weighted by atomic mass is 32.2. The summed E-state index contributed by atoms with van der Waals surface area (Å²) in [5, 5.41) is 20.6. The van der Waals surface area contributed by atoms with Crippen molar-refractivity contribution in [3.8, 4) is 0 Å². The Hall–Kier alpha value is -1.81. The molecule has 0 radical (unpaired) electrons. The van der Waals surface area contributed by atoms with Gasteiger partial charge in [0.25, 0.3) is 0 Å². The summed E-state index contributed by atoms with van der Waals surface area (Å²) in [5.41, 5.74) is 0. The van der Waals surface area contributed by atoms with Crippen LogP contribution in [0.25, 0.3) is 0 Å². The zero-order chi connectivity index (χ0) is 23.6. The first-order chi connectivity index (χ1) is 14.6. The van der Waals surface area contributed by atoms with Gasteiger partial charge in [-0.1, -0.05) is 27.7 Å². The topological polar surface area (TPSA) is 137 Å². The third-order valence-corrected chi connectivity index (χ3v) is 5.83. The van der Waals surface area contributed by atoms with Crippen molar-refractivity contribution in [1.82, 2.24) is 21.3 Å². The average Bonchev–Trinajstić information content (AvgIpc) is 3.22. The number of carbonyl (C=O) groups is 4. The van der Waals surface area contributed by atoms with Crippen LogP contribution in [0.15, 0.2) is 0 Å². The second kappa shape index (κ2) is 13.6. The maximum atomic E-state index is 13.0. The summed E-state index contributed by atoms with van der Waals surface area (Å²) in [6.45, 7) is 8.10. The van der Waals surface area contributed by atoms with E-state index in [9.17, 15) is 24.3 Å². The summed E-state index contributed by atoms with van der Waals surface area (Å²) in [5.74, 6) is -1.83. The fourth-order valence-corrected chi connectivity index (χ4v) is 3.90. The highest BCUT2D eigenvalue weighted by Gasteiger charge is 2.32. The average molecular weight is 459 g/mol. The Morgan fingerprint density at radius 2 is 1.68 bits per heavy atom. The molecule has 5 N–H and O–H groups in total. The Labute approximate surface area is 189 Å². The highest BCUT2D eigenvalue weighted by Crippen LogP contribution is 2.11. The van der Waals surface area contributed by atoms with Crippen molar-refractivity contribution < 1.29 is 24.3 Å². The van der Waals surface area contributed by atoms with Gasteiger partial charge in [0.2, 0.25) is 17.7 Å². The molecule has 178 valence electrons. The number of carbonyl (C=O) groups excluding carboxylic acids is 3. The van der Waals surface area contributed by atoms with Crippen molar-refractivity contribution in [3.63, 3.8) is 0 Å². The van der Waals surface area contributed by atoms with Gasteiger partial charge in [-0.2, -0.15) is 11.8 Å². The monoisotopic (exact) mass is 458 g/mol.